The molecule has 0 aliphatic carbocycles. The van der Waals surface area contributed by atoms with Crippen LogP contribution in [0.4, 0.5) is 0 Å². The Kier molecular flexibility index (Phi) is 3.78. The summed E-state index contributed by atoms with van der Waals surface area (Å²) in [6.07, 6.45) is 0. The zero-order valence-electron chi connectivity index (χ0n) is 6.08. The van der Waals surface area contributed by atoms with Gasteiger partial charge in [-0.25, -0.2) is 0 Å². The SMILES string of the molecule is CC(C)(CS(=O)(=O)O)N(Cl)Br. The van der Waals surface area contributed by atoms with Crippen molar-refractivity contribution >= 4 is 38.0 Å². The molecule has 1 N–H and O–H groups in total. The summed E-state index contributed by atoms with van der Waals surface area (Å²) in [7, 11) is -3.98. The largest absolute Gasteiger partial charge is 0.285 e. The van der Waals surface area contributed by atoms with Crippen LogP contribution >= 0.6 is 27.9 Å². The predicted octanol–water partition coefficient (Wildman–Crippen LogP) is 1.42. The molecule has 0 heterocycles. The molecule has 0 spiro atoms. The van der Waals surface area contributed by atoms with Gasteiger partial charge in [0.15, 0.2) is 0 Å². The Morgan fingerprint density at radius 2 is 2.00 bits per heavy atom. The number of rotatable bonds is 3. The Balaban J connectivity index is 4.38. The minimum atomic E-state index is -3.98. The Morgan fingerprint density at radius 1 is 1.64 bits per heavy atom. The Labute approximate surface area is 79.7 Å². The highest BCUT2D eigenvalue weighted by Gasteiger charge is 2.29. The van der Waals surface area contributed by atoms with Crippen LogP contribution in [0.2, 0.25) is 0 Å². The van der Waals surface area contributed by atoms with E-state index in [9.17, 15) is 8.42 Å². The zero-order chi connectivity index (χ0) is 9.28. The maximum Gasteiger partial charge on any atom is 0.266 e. The lowest BCUT2D eigenvalue weighted by Crippen LogP contribution is -2.38. The first kappa shape index (κ1) is 11.6. The van der Waals surface area contributed by atoms with Crippen LogP contribution < -0.4 is 0 Å². The van der Waals surface area contributed by atoms with E-state index in [4.69, 9.17) is 16.3 Å². The zero-order valence-corrected chi connectivity index (χ0v) is 9.24. The van der Waals surface area contributed by atoms with Gasteiger partial charge in [-0.2, -0.15) is 8.42 Å². The van der Waals surface area contributed by atoms with E-state index in [0.717, 1.165) is 3.45 Å². The van der Waals surface area contributed by atoms with Crippen LogP contribution in [0, 0.1) is 0 Å². The average Bonchev–Trinajstić information content (AvgIpc) is 1.56. The molecular formula is C4H9BrClNO3S. The van der Waals surface area contributed by atoms with Crippen molar-refractivity contribution in [3.63, 3.8) is 0 Å². The number of halogens is 2. The normalized spacial score (nSPS) is 14.0. The van der Waals surface area contributed by atoms with Gasteiger partial charge in [0.1, 0.15) is 0 Å². The smallest absolute Gasteiger partial charge is 0.266 e. The van der Waals surface area contributed by atoms with Gasteiger partial charge in [0, 0.05) is 16.1 Å². The van der Waals surface area contributed by atoms with Gasteiger partial charge in [-0.1, -0.05) is 0 Å². The molecule has 0 saturated carbocycles. The Hall–Kier alpha value is 0.640. The molecule has 0 amide bonds. The number of nitrogens with zero attached hydrogens (tertiary/aromatic N) is 1. The molecule has 0 fully saturated rings. The molecule has 0 aromatic carbocycles. The predicted molar refractivity (Wildman–Crippen MR) is 47.1 cm³/mol. The summed E-state index contributed by atoms with van der Waals surface area (Å²) < 4.78 is 30.3. The van der Waals surface area contributed by atoms with Gasteiger partial charge in [0.25, 0.3) is 10.1 Å². The van der Waals surface area contributed by atoms with Gasteiger partial charge < -0.3 is 0 Å². The third-order valence-electron chi connectivity index (χ3n) is 0.993. The van der Waals surface area contributed by atoms with Crippen LogP contribution in [-0.2, 0) is 10.1 Å². The van der Waals surface area contributed by atoms with Crippen molar-refractivity contribution in [3.8, 4) is 0 Å². The van der Waals surface area contributed by atoms with Gasteiger partial charge in [-0.3, -0.25) is 4.55 Å². The summed E-state index contributed by atoms with van der Waals surface area (Å²) in [6.45, 7) is 3.14. The van der Waals surface area contributed by atoms with Crippen molar-refractivity contribution < 1.29 is 13.0 Å². The molecule has 0 rings (SSSR count). The second-order valence-corrected chi connectivity index (χ2v) is 5.68. The first-order valence-electron chi connectivity index (χ1n) is 2.72. The Bertz CT molecular complexity index is 225. The number of hydrogen-bond donors (Lipinski definition) is 1. The fourth-order valence-corrected chi connectivity index (χ4v) is 1.94. The highest BCUT2D eigenvalue weighted by molar-refractivity contribution is 9.08. The molecule has 0 saturated heterocycles. The summed E-state index contributed by atoms with van der Waals surface area (Å²) in [5, 5.41) is 0. The first-order chi connectivity index (χ1) is 4.65. The summed E-state index contributed by atoms with van der Waals surface area (Å²) in [5.74, 6) is -0.422. The summed E-state index contributed by atoms with van der Waals surface area (Å²) in [6, 6.07) is 0. The van der Waals surface area contributed by atoms with E-state index in [1.54, 1.807) is 13.8 Å². The van der Waals surface area contributed by atoms with E-state index in [1.165, 1.54) is 0 Å². The van der Waals surface area contributed by atoms with Gasteiger partial charge in [-0.15, -0.1) is 3.45 Å². The minimum absolute atomic E-state index is 0.422. The lowest BCUT2D eigenvalue weighted by molar-refractivity contribution is 0.390. The molecule has 7 heteroatoms. The minimum Gasteiger partial charge on any atom is -0.285 e. The van der Waals surface area contributed by atoms with Crippen molar-refractivity contribution in [1.82, 2.24) is 3.45 Å². The van der Waals surface area contributed by atoms with E-state index in [-0.39, 0.29) is 0 Å². The second kappa shape index (κ2) is 3.57. The van der Waals surface area contributed by atoms with Crippen molar-refractivity contribution in [2.45, 2.75) is 19.4 Å². The van der Waals surface area contributed by atoms with Crippen LogP contribution in [0.5, 0.6) is 0 Å². The molecular weight excluding hydrogens is 257 g/mol. The summed E-state index contributed by atoms with van der Waals surface area (Å²) >= 11 is 8.32. The van der Waals surface area contributed by atoms with Crippen LogP contribution in [0.25, 0.3) is 0 Å². The molecule has 0 unspecified atom stereocenters. The van der Waals surface area contributed by atoms with Gasteiger partial charge in [0.05, 0.1) is 11.3 Å². The van der Waals surface area contributed by atoms with Crippen molar-refractivity contribution in [2.24, 2.45) is 0 Å². The third kappa shape index (κ3) is 4.97. The lowest BCUT2D eigenvalue weighted by atomic mass is 10.1. The molecule has 11 heavy (non-hydrogen) atoms. The van der Waals surface area contributed by atoms with Crippen molar-refractivity contribution in [3.05, 3.63) is 0 Å². The number of hydrogen-bond acceptors (Lipinski definition) is 3. The standard InChI is InChI=1S/C4H9BrClNO3S/c1-4(2,7(5)6)3-11(8,9)10/h3H2,1-2H3,(H,8,9,10). The van der Waals surface area contributed by atoms with E-state index in [0.29, 0.717) is 0 Å². The molecule has 4 nitrogen and oxygen atoms in total. The monoisotopic (exact) mass is 265 g/mol. The Morgan fingerprint density at radius 3 is 2.09 bits per heavy atom. The van der Waals surface area contributed by atoms with E-state index >= 15 is 0 Å². The highest BCUT2D eigenvalue weighted by atomic mass is 79.9. The van der Waals surface area contributed by atoms with Crippen LogP contribution in [0.1, 0.15) is 13.8 Å². The second-order valence-electron chi connectivity index (χ2n) is 2.77. The molecule has 0 aliphatic heterocycles. The maximum absolute atomic E-state index is 10.4. The molecule has 0 bridgehead atoms. The highest BCUT2D eigenvalue weighted by Crippen LogP contribution is 2.22. The first-order valence-corrected chi connectivity index (χ1v) is 5.38. The van der Waals surface area contributed by atoms with Crippen LogP contribution in [0.3, 0.4) is 0 Å². The molecule has 0 aromatic heterocycles. The fraction of sp³-hybridized carbons (Fsp3) is 1.00. The molecule has 0 aromatic rings. The lowest BCUT2D eigenvalue weighted by Gasteiger charge is -2.25. The summed E-state index contributed by atoms with van der Waals surface area (Å²) in [5.41, 5.74) is -0.838. The van der Waals surface area contributed by atoms with Gasteiger partial charge in [0.2, 0.25) is 0 Å². The topological polar surface area (TPSA) is 57.6 Å². The van der Waals surface area contributed by atoms with E-state index in [1.807, 2.05) is 0 Å². The third-order valence-corrected chi connectivity index (χ3v) is 3.48. The van der Waals surface area contributed by atoms with Gasteiger partial charge >= 0.3 is 0 Å². The maximum atomic E-state index is 10.4. The van der Waals surface area contributed by atoms with Crippen molar-refractivity contribution in [2.75, 3.05) is 5.75 Å². The van der Waals surface area contributed by atoms with Crippen LogP contribution in [-0.4, -0.2) is 27.7 Å². The van der Waals surface area contributed by atoms with E-state index in [2.05, 4.69) is 16.1 Å². The van der Waals surface area contributed by atoms with Crippen LogP contribution in [0.15, 0.2) is 0 Å². The molecule has 0 atom stereocenters. The average molecular weight is 267 g/mol. The molecule has 0 radical (unpaired) electrons. The fourth-order valence-electron chi connectivity index (χ4n) is 0.495. The van der Waals surface area contributed by atoms with Crippen molar-refractivity contribution in [1.29, 1.82) is 0 Å². The molecule has 0 aliphatic rings. The van der Waals surface area contributed by atoms with Gasteiger partial charge in [-0.05, 0) is 25.6 Å². The quantitative estimate of drug-likeness (QED) is 0.620. The summed E-state index contributed by atoms with van der Waals surface area (Å²) in [4.78, 5) is 0. The van der Waals surface area contributed by atoms with E-state index < -0.39 is 21.4 Å². The molecule has 68 valence electrons.